The molecule has 0 radical (unpaired) electrons. The Balaban J connectivity index is 1.56. The van der Waals surface area contributed by atoms with Crippen molar-refractivity contribution in [2.45, 2.75) is 6.61 Å². The molecule has 3 aromatic carbocycles. The van der Waals surface area contributed by atoms with Gasteiger partial charge in [0.15, 0.2) is 5.75 Å². The number of hydrogen-bond donors (Lipinski definition) is 1. The van der Waals surface area contributed by atoms with Gasteiger partial charge in [-0.05, 0) is 64.0 Å². The molecule has 6 nitrogen and oxygen atoms in total. The van der Waals surface area contributed by atoms with E-state index in [0.717, 1.165) is 10.5 Å². The highest BCUT2D eigenvalue weighted by atomic mass is 79.9. The SMILES string of the molecule is N#Cc1ccccc1COc1c(Cl)cc(/C=C2/NC(=O)N(c3cccc(Cl)c3)C2=O)cc1Br. The smallest absolute Gasteiger partial charge is 0.333 e. The quantitative estimate of drug-likeness (QED) is 0.303. The first-order valence-electron chi connectivity index (χ1n) is 9.60. The molecule has 0 unspecified atom stereocenters. The molecule has 3 aromatic rings. The maximum Gasteiger partial charge on any atom is 0.333 e. The topological polar surface area (TPSA) is 82.4 Å². The van der Waals surface area contributed by atoms with Gasteiger partial charge in [0.1, 0.15) is 12.3 Å². The summed E-state index contributed by atoms with van der Waals surface area (Å²) >= 11 is 15.8. The number of nitrogens with one attached hydrogen (secondary N) is 1. The van der Waals surface area contributed by atoms with Gasteiger partial charge < -0.3 is 10.1 Å². The third kappa shape index (κ3) is 4.88. The number of anilines is 1. The van der Waals surface area contributed by atoms with E-state index in [4.69, 9.17) is 27.9 Å². The van der Waals surface area contributed by atoms with Crippen LogP contribution in [0.3, 0.4) is 0 Å². The van der Waals surface area contributed by atoms with E-state index in [1.807, 2.05) is 6.07 Å². The molecule has 1 saturated heterocycles. The van der Waals surface area contributed by atoms with E-state index in [1.165, 1.54) is 12.1 Å². The van der Waals surface area contributed by atoms with Gasteiger partial charge in [0.25, 0.3) is 5.91 Å². The number of benzene rings is 3. The number of hydrogen-bond acceptors (Lipinski definition) is 4. The van der Waals surface area contributed by atoms with Crippen molar-refractivity contribution < 1.29 is 14.3 Å². The van der Waals surface area contributed by atoms with Crippen LogP contribution in [0.15, 0.2) is 70.8 Å². The van der Waals surface area contributed by atoms with Gasteiger partial charge in [0, 0.05) is 10.6 Å². The summed E-state index contributed by atoms with van der Waals surface area (Å²) in [5.41, 5.74) is 2.29. The van der Waals surface area contributed by atoms with Gasteiger partial charge in [0.05, 0.1) is 26.8 Å². The number of imide groups is 1. The molecular formula is C24H14BrCl2N3O3. The van der Waals surface area contributed by atoms with Gasteiger partial charge in [-0.2, -0.15) is 5.26 Å². The lowest BCUT2D eigenvalue weighted by Gasteiger charge is -2.12. The number of rotatable bonds is 5. The lowest BCUT2D eigenvalue weighted by molar-refractivity contribution is -0.113. The number of carbonyl (C=O) groups is 2. The van der Waals surface area contributed by atoms with Crippen LogP contribution in [-0.4, -0.2) is 11.9 Å². The minimum absolute atomic E-state index is 0.0968. The van der Waals surface area contributed by atoms with Crippen LogP contribution in [0.4, 0.5) is 10.5 Å². The van der Waals surface area contributed by atoms with Crippen LogP contribution in [0.5, 0.6) is 5.75 Å². The molecule has 1 N–H and O–H groups in total. The highest BCUT2D eigenvalue weighted by Crippen LogP contribution is 2.36. The fraction of sp³-hybridized carbons (Fsp3) is 0.0417. The van der Waals surface area contributed by atoms with Gasteiger partial charge in [0.2, 0.25) is 0 Å². The van der Waals surface area contributed by atoms with Crippen LogP contribution < -0.4 is 15.0 Å². The molecule has 9 heteroatoms. The van der Waals surface area contributed by atoms with E-state index < -0.39 is 11.9 Å². The molecular weight excluding hydrogens is 529 g/mol. The standard InChI is InChI=1S/C24H14BrCl2N3O3/c25-19-8-14(9-20(27)22(19)33-13-16-5-2-1-4-15(16)12-28)10-21-23(31)30(24(32)29-21)18-7-3-6-17(26)11-18/h1-11H,13H2,(H,29,32)/b21-10+. The third-order valence-corrected chi connectivity index (χ3v) is 5.89. The molecule has 1 heterocycles. The predicted molar refractivity (Wildman–Crippen MR) is 130 cm³/mol. The highest BCUT2D eigenvalue weighted by molar-refractivity contribution is 9.10. The molecule has 0 bridgehead atoms. The second kappa shape index (κ2) is 9.67. The minimum atomic E-state index is -0.574. The Morgan fingerprint density at radius 2 is 1.88 bits per heavy atom. The first kappa shape index (κ1) is 22.9. The van der Waals surface area contributed by atoms with Crippen molar-refractivity contribution in [3.63, 3.8) is 0 Å². The summed E-state index contributed by atoms with van der Waals surface area (Å²) in [4.78, 5) is 26.2. The number of nitrogens with zero attached hydrogens (tertiary/aromatic N) is 2. The van der Waals surface area contributed by atoms with E-state index in [-0.39, 0.29) is 12.3 Å². The average Bonchev–Trinajstić information content (AvgIpc) is 3.06. The van der Waals surface area contributed by atoms with Crippen LogP contribution in [0.25, 0.3) is 6.08 Å². The van der Waals surface area contributed by atoms with Crippen molar-refractivity contribution in [2.24, 2.45) is 0 Å². The van der Waals surface area contributed by atoms with Crippen molar-refractivity contribution in [3.8, 4) is 11.8 Å². The first-order valence-corrected chi connectivity index (χ1v) is 11.1. The van der Waals surface area contributed by atoms with Gasteiger partial charge >= 0.3 is 6.03 Å². The molecule has 0 saturated carbocycles. The van der Waals surface area contributed by atoms with Crippen LogP contribution in [0, 0.1) is 11.3 Å². The summed E-state index contributed by atoms with van der Waals surface area (Å²) in [6.07, 6.45) is 1.52. The van der Waals surface area contributed by atoms with E-state index in [0.29, 0.717) is 37.1 Å². The monoisotopic (exact) mass is 541 g/mol. The highest BCUT2D eigenvalue weighted by Gasteiger charge is 2.35. The van der Waals surface area contributed by atoms with E-state index in [9.17, 15) is 14.9 Å². The number of amides is 3. The van der Waals surface area contributed by atoms with Gasteiger partial charge in [-0.1, -0.05) is 47.5 Å². The normalized spacial score (nSPS) is 14.4. The van der Waals surface area contributed by atoms with Crippen LogP contribution in [0.2, 0.25) is 10.0 Å². The molecule has 33 heavy (non-hydrogen) atoms. The Labute approximate surface area is 208 Å². The fourth-order valence-corrected chi connectivity index (χ4v) is 4.43. The molecule has 0 atom stereocenters. The van der Waals surface area contributed by atoms with Crippen molar-refractivity contribution >= 4 is 62.8 Å². The summed E-state index contributed by atoms with van der Waals surface area (Å²) in [5.74, 6) is -0.114. The third-order valence-electron chi connectivity index (χ3n) is 4.79. The van der Waals surface area contributed by atoms with Crippen molar-refractivity contribution in [1.29, 1.82) is 5.26 Å². The number of carbonyl (C=O) groups excluding carboxylic acids is 2. The van der Waals surface area contributed by atoms with Gasteiger partial charge in [-0.15, -0.1) is 0 Å². The van der Waals surface area contributed by atoms with Crippen LogP contribution in [0.1, 0.15) is 16.7 Å². The summed E-state index contributed by atoms with van der Waals surface area (Å²) in [7, 11) is 0. The average molecular weight is 543 g/mol. The number of ether oxygens (including phenoxy) is 1. The Kier molecular flexibility index (Phi) is 6.70. The number of urea groups is 1. The van der Waals surface area contributed by atoms with E-state index in [2.05, 4.69) is 27.3 Å². The molecule has 1 aliphatic rings. The van der Waals surface area contributed by atoms with Crippen molar-refractivity contribution in [1.82, 2.24) is 5.32 Å². The van der Waals surface area contributed by atoms with Crippen molar-refractivity contribution in [2.75, 3.05) is 4.90 Å². The first-order chi connectivity index (χ1) is 15.9. The zero-order chi connectivity index (χ0) is 23.5. The van der Waals surface area contributed by atoms with E-state index >= 15 is 0 Å². The maximum atomic E-state index is 12.8. The van der Waals surface area contributed by atoms with E-state index in [1.54, 1.807) is 48.5 Å². The second-order valence-electron chi connectivity index (χ2n) is 6.98. The lowest BCUT2D eigenvalue weighted by atomic mass is 10.1. The van der Waals surface area contributed by atoms with Crippen molar-refractivity contribution in [3.05, 3.63) is 97.6 Å². The lowest BCUT2D eigenvalue weighted by Crippen LogP contribution is -2.30. The molecule has 164 valence electrons. The van der Waals surface area contributed by atoms with Gasteiger partial charge in [-0.3, -0.25) is 4.79 Å². The fourth-order valence-electron chi connectivity index (χ4n) is 3.26. The zero-order valence-electron chi connectivity index (χ0n) is 16.8. The molecule has 4 rings (SSSR count). The Morgan fingerprint density at radius 3 is 2.61 bits per heavy atom. The summed E-state index contributed by atoms with van der Waals surface area (Å²) in [5, 5.41) is 12.5. The maximum absolute atomic E-state index is 12.8. The minimum Gasteiger partial charge on any atom is -0.486 e. The molecule has 3 amide bonds. The molecule has 0 aliphatic carbocycles. The summed E-state index contributed by atoms with van der Waals surface area (Å²) in [6.45, 7) is 0.158. The molecule has 1 aliphatic heterocycles. The second-order valence-corrected chi connectivity index (χ2v) is 8.68. The Morgan fingerprint density at radius 1 is 1.09 bits per heavy atom. The Hall–Kier alpha value is -3.31. The van der Waals surface area contributed by atoms with Gasteiger partial charge in [-0.25, -0.2) is 9.69 Å². The molecule has 1 fully saturated rings. The number of halogens is 3. The summed E-state index contributed by atoms with van der Waals surface area (Å²) < 4.78 is 6.39. The predicted octanol–water partition coefficient (Wildman–Crippen LogP) is 6.30. The summed E-state index contributed by atoms with van der Waals surface area (Å²) in [6, 6.07) is 18.5. The van der Waals surface area contributed by atoms with Crippen LogP contribution >= 0.6 is 39.1 Å². The van der Waals surface area contributed by atoms with Crippen LogP contribution in [-0.2, 0) is 11.4 Å². The largest absolute Gasteiger partial charge is 0.486 e. The zero-order valence-corrected chi connectivity index (χ0v) is 19.9. The number of nitriles is 1. The Bertz CT molecular complexity index is 1330. The molecule has 0 aromatic heterocycles. The molecule has 0 spiro atoms.